The topological polar surface area (TPSA) is 70.6 Å². The fourth-order valence-electron chi connectivity index (χ4n) is 1.27. The number of amides is 1. The van der Waals surface area contributed by atoms with E-state index in [2.05, 4.69) is 10.6 Å². The lowest BCUT2D eigenvalue weighted by Crippen LogP contribution is -2.37. The monoisotopic (exact) mass is 238 g/mol. The van der Waals surface area contributed by atoms with Crippen LogP contribution in [0, 0.1) is 0 Å². The third-order valence-corrected chi connectivity index (χ3v) is 2.51. The molecular weight excluding hydrogens is 220 g/mol. The molecule has 94 valence electrons. The van der Waals surface area contributed by atoms with Crippen molar-refractivity contribution in [1.82, 2.24) is 10.6 Å². The molecule has 0 radical (unpaired) electrons. The smallest absolute Gasteiger partial charge is 0.255 e. The van der Waals surface area contributed by atoms with E-state index in [4.69, 9.17) is 4.74 Å². The van der Waals surface area contributed by atoms with E-state index in [1.165, 1.54) is 19.2 Å². The third kappa shape index (κ3) is 3.64. The van der Waals surface area contributed by atoms with Crippen LogP contribution in [-0.4, -0.2) is 37.8 Å². The Hall–Kier alpha value is -1.75. The van der Waals surface area contributed by atoms with E-state index >= 15 is 0 Å². The first-order valence-corrected chi connectivity index (χ1v) is 5.41. The van der Waals surface area contributed by atoms with Crippen molar-refractivity contribution in [3.63, 3.8) is 0 Å². The summed E-state index contributed by atoms with van der Waals surface area (Å²) in [5.74, 6) is 0.133. The highest BCUT2D eigenvalue weighted by molar-refractivity contribution is 5.97. The van der Waals surface area contributed by atoms with Gasteiger partial charge < -0.3 is 20.5 Å². The van der Waals surface area contributed by atoms with Crippen LogP contribution in [0.4, 0.5) is 0 Å². The number of carbonyl (C=O) groups is 1. The molecule has 1 amide bonds. The summed E-state index contributed by atoms with van der Waals surface area (Å²) in [6, 6.07) is 4.76. The average Bonchev–Trinajstić information content (AvgIpc) is 2.35. The first-order chi connectivity index (χ1) is 8.08. The zero-order valence-electron chi connectivity index (χ0n) is 10.3. The summed E-state index contributed by atoms with van der Waals surface area (Å²) < 4.78 is 4.94. The highest BCUT2D eigenvalue weighted by Gasteiger charge is 2.12. The van der Waals surface area contributed by atoms with E-state index in [1.807, 2.05) is 14.0 Å². The number of hydrogen-bond donors (Lipinski definition) is 3. The molecule has 0 heterocycles. The molecule has 0 saturated heterocycles. The number of rotatable bonds is 5. The first kappa shape index (κ1) is 13.3. The summed E-state index contributed by atoms with van der Waals surface area (Å²) in [4.78, 5) is 11.7. The predicted octanol–water partition coefficient (Wildman–Crippen LogP) is 0.738. The van der Waals surface area contributed by atoms with Crippen molar-refractivity contribution in [2.75, 3.05) is 20.7 Å². The Bertz CT molecular complexity index is 393. The number of aromatic hydroxyl groups is 1. The fourth-order valence-corrected chi connectivity index (χ4v) is 1.27. The molecule has 3 N–H and O–H groups in total. The molecule has 1 rings (SSSR count). The van der Waals surface area contributed by atoms with Gasteiger partial charge in [-0.2, -0.15) is 0 Å². The Balaban J connectivity index is 2.69. The van der Waals surface area contributed by atoms with Crippen molar-refractivity contribution >= 4 is 5.91 Å². The molecule has 17 heavy (non-hydrogen) atoms. The number of nitrogens with one attached hydrogen (secondary N) is 2. The minimum Gasteiger partial charge on any atom is -0.507 e. The van der Waals surface area contributed by atoms with Crippen LogP contribution >= 0.6 is 0 Å². The lowest BCUT2D eigenvalue weighted by molar-refractivity contribution is 0.0948. The van der Waals surface area contributed by atoms with Crippen LogP contribution in [0.5, 0.6) is 11.5 Å². The molecule has 1 unspecified atom stereocenters. The summed E-state index contributed by atoms with van der Waals surface area (Å²) in [6.45, 7) is 2.45. The van der Waals surface area contributed by atoms with Crippen molar-refractivity contribution in [2.45, 2.75) is 13.0 Å². The maximum atomic E-state index is 11.7. The Morgan fingerprint density at radius 2 is 2.24 bits per heavy atom. The second kappa shape index (κ2) is 6.10. The van der Waals surface area contributed by atoms with Gasteiger partial charge in [-0.1, -0.05) is 0 Å². The van der Waals surface area contributed by atoms with Gasteiger partial charge in [0.1, 0.15) is 11.5 Å². The van der Waals surface area contributed by atoms with Gasteiger partial charge in [0.15, 0.2) is 0 Å². The number of ether oxygens (including phenoxy) is 1. The predicted molar refractivity (Wildman–Crippen MR) is 65.5 cm³/mol. The molecule has 0 aliphatic heterocycles. The SMILES string of the molecule is CNC(C)CNC(=O)c1ccc(OC)cc1O. The molecule has 0 bridgehead atoms. The Labute approximate surface area is 101 Å². The second-order valence-corrected chi connectivity index (χ2v) is 3.78. The maximum Gasteiger partial charge on any atom is 0.255 e. The summed E-state index contributed by atoms with van der Waals surface area (Å²) >= 11 is 0. The number of carbonyl (C=O) groups excluding carboxylic acids is 1. The van der Waals surface area contributed by atoms with Crippen molar-refractivity contribution in [3.05, 3.63) is 23.8 Å². The van der Waals surface area contributed by atoms with Crippen LogP contribution < -0.4 is 15.4 Å². The summed E-state index contributed by atoms with van der Waals surface area (Å²) in [5.41, 5.74) is 0.245. The molecule has 0 aliphatic rings. The highest BCUT2D eigenvalue weighted by Crippen LogP contribution is 2.23. The minimum absolute atomic E-state index is 0.0843. The quantitative estimate of drug-likeness (QED) is 0.707. The van der Waals surface area contributed by atoms with Gasteiger partial charge in [0, 0.05) is 18.7 Å². The molecule has 1 aromatic rings. The summed E-state index contributed by atoms with van der Waals surface area (Å²) in [5, 5.41) is 15.4. The Kier molecular flexibility index (Phi) is 4.78. The number of hydrogen-bond acceptors (Lipinski definition) is 4. The van der Waals surface area contributed by atoms with Gasteiger partial charge in [0.05, 0.1) is 12.7 Å². The normalized spacial score (nSPS) is 11.9. The fraction of sp³-hybridized carbons (Fsp3) is 0.417. The molecule has 5 heteroatoms. The lowest BCUT2D eigenvalue weighted by atomic mass is 10.1. The van der Waals surface area contributed by atoms with Gasteiger partial charge in [0.2, 0.25) is 0 Å². The number of phenols is 1. The standard InChI is InChI=1S/C12H18N2O3/c1-8(13-2)7-14-12(16)10-5-4-9(17-3)6-11(10)15/h4-6,8,13,15H,7H2,1-3H3,(H,14,16). The van der Waals surface area contributed by atoms with Crippen LogP contribution in [0.15, 0.2) is 18.2 Å². The molecule has 0 fully saturated rings. The average molecular weight is 238 g/mol. The van der Waals surface area contributed by atoms with Gasteiger partial charge in [-0.25, -0.2) is 0 Å². The number of likely N-dealkylation sites (N-methyl/N-ethyl adjacent to an activating group) is 1. The van der Waals surface area contributed by atoms with Crippen LogP contribution in [0.2, 0.25) is 0 Å². The molecule has 0 saturated carbocycles. The van der Waals surface area contributed by atoms with Gasteiger partial charge in [0.25, 0.3) is 5.91 Å². The van der Waals surface area contributed by atoms with Crippen LogP contribution in [0.3, 0.4) is 0 Å². The Morgan fingerprint density at radius 3 is 2.76 bits per heavy atom. The number of phenolic OH excluding ortho intramolecular Hbond substituents is 1. The van der Waals surface area contributed by atoms with Crippen molar-refractivity contribution < 1.29 is 14.6 Å². The largest absolute Gasteiger partial charge is 0.507 e. The third-order valence-electron chi connectivity index (χ3n) is 2.51. The van der Waals surface area contributed by atoms with E-state index in [0.717, 1.165) is 0 Å². The van der Waals surface area contributed by atoms with Gasteiger partial charge in [-0.3, -0.25) is 4.79 Å². The van der Waals surface area contributed by atoms with E-state index in [9.17, 15) is 9.90 Å². The van der Waals surface area contributed by atoms with Gasteiger partial charge in [-0.15, -0.1) is 0 Å². The molecule has 1 aromatic carbocycles. The molecule has 0 spiro atoms. The van der Waals surface area contributed by atoms with E-state index < -0.39 is 0 Å². The molecule has 0 aliphatic carbocycles. The molecule has 1 atom stereocenters. The first-order valence-electron chi connectivity index (χ1n) is 5.41. The van der Waals surface area contributed by atoms with Crippen molar-refractivity contribution in [3.8, 4) is 11.5 Å². The van der Waals surface area contributed by atoms with Crippen LogP contribution in [0.25, 0.3) is 0 Å². The summed E-state index contributed by atoms with van der Waals surface area (Å²) in [7, 11) is 3.32. The number of benzene rings is 1. The second-order valence-electron chi connectivity index (χ2n) is 3.78. The zero-order valence-corrected chi connectivity index (χ0v) is 10.3. The zero-order chi connectivity index (χ0) is 12.8. The summed E-state index contributed by atoms with van der Waals surface area (Å²) in [6.07, 6.45) is 0. The van der Waals surface area contributed by atoms with Gasteiger partial charge >= 0.3 is 0 Å². The highest BCUT2D eigenvalue weighted by atomic mass is 16.5. The van der Waals surface area contributed by atoms with Crippen molar-refractivity contribution in [1.29, 1.82) is 0 Å². The number of methoxy groups -OCH3 is 1. The van der Waals surface area contributed by atoms with E-state index in [-0.39, 0.29) is 23.3 Å². The molecule has 5 nitrogen and oxygen atoms in total. The van der Waals surface area contributed by atoms with Gasteiger partial charge in [-0.05, 0) is 26.1 Å². The van der Waals surface area contributed by atoms with E-state index in [0.29, 0.717) is 12.3 Å². The van der Waals surface area contributed by atoms with Crippen molar-refractivity contribution in [2.24, 2.45) is 0 Å². The molecule has 0 aromatic heterocycles. The Morgan fingerprint density at radius 1 is 1.53 bits per heavy atom. The van der Waals surface area contributed by atoms with Crippen LogP contribution in [-0.2, 0) is 0 Å². The molecular formula is C12H18N2O3. The van der Waals surface area contributed by atoms with Crippen LogP contribution in [0.1, 0.15) is 17.3 Å². The maximum absolute atomic E-state index is 11.7. The lowest BCUT2D eigenvalue weighted by Gasteiger charge is -2.12. The van der Waals surface area contributed by atoms with E-state index in [1.54, 1.807) is 6.07 Å². The minimum atomic E-state index is -0.299.